The minimum absolute atomic E-state index is 0.247. The van der Waals surface area contributed by atoms with Crippen LogP contribution in [0.2, 0.25) is 0 Å². The van der Waals surface area contributed by atoms with Gasteiger partial charge < -0.3 is 15.2 Å². The van der Waals surface area contributed by atoms with Crippen LogP contribution >= 0.6 is 0 Å². The van der Waals surface area contributed by atoms with Gasteiger partial charge in [0.05, 0.1) is 0 Å². The quantitative estimate of drug-likeness (QED) is 0.795. The second kappa shape index (κ2) is 6.05. The fraction of sp³-hybridized carbons (Fsp3) is 0.385. The topological polar surface area (TPSA) is 78.6 Å². The average molecular weight is 251 g/mol. The number of carbonyl (C=O) groups excluding carboxylic acids is 2. The number of primary amides is 1. The Hall–Kier alpha value is -2.04. The van der Waals surface area contributed by atoms with E-state index in [0.29, 0.717) is 5.75 Å². The molecule has 1 amide bonds. The molecule has 0 radical (unpaired) electrons. The summed E-state index contributed by atoms with van der Waals surface area (Å²) in [4.78, 5) is 22.1. The molecule has 1 atom stereocenters. The third-order valence-corrected chi connectivity index (χ3v) is 2.45. The monoisotopic (exact) mass is 251 g/mol. The van der Waals surface area contributed by atoms with Crippen molar-refractivity contribution >= 4 is 11.9 Å². The number of nitrogens with two attached hydrogens (primary N) is 1. The second-order valence-corrected chi connectivity index (χ2v) is 4.04. The van der Waals surface area contributed by atoms with Crippen molar-refractivity contribution in [3.63, 3.8) is 0 Å². The maximum absolute atomic E-state index is 11.4. The Morgan fingerprint density at radius 1 is 1.28 bits per heavy atom. The van der Waals surface area contributed by atoms with Gasteiger partial charge in [0.15, 0.2) is 12.7 Å². The number of aryl methyl sites for hydroxylation is 2. The van der Waals surface area contributed by atoms with E-state index in [2.05, 4.69) is 0 Å². The van der Waals surface area contributed by atoms with Crippen LogP contribution in [-0.4, -0.2) is 24.6 Å². The first-order valence-electron chi connectivity index (χ1n) is 5.59. The van der Waals surface area contributed by atoms with Crippen molar-refractivity contribution in [3.8, 4) is 5.75 Å². The number of hydrogen-bond donors (Lipinski definition) is 1. The number of hydrogen-bond acceptors (Lipinski definition) is 4. The van der Waals surface area contributed by atoms with Crippen LogP contribution in [0.25, 0.3) is 0 Å². The second-order valence-electron chi connectivity index (χ2n) is 4.04. The molecule has 1 rings (SSSR count). The molecule has 0 saturated carbocycles. The molecule has 0 heterocycles. The number of ether oxygens (including phenoxy) is 2. The summed E-state index contributed by atoms with van der Waals surface area (Å²) in [5.41, 5.74) is 6.85. The molecule has 0 aliphatic rings. The highest BCUT2D eigenvalue weighted by atomic mass is 16.6. The highest BCUT2D eigenvalue weighted by Crippen LogP contribution is 2.22. The Balaban J connectivity index is 2.55. The third-order valence-electron chi connectivity index (χ3n) is 2.45. The van der Waals surface area contributed by atoms with Gasteiger partial charge in [0.1, 0.15) is 5.75 Å². The lowest BCUT2D eigenvalue weighted by molar-refractivity contribution is -0.155. The molecule has 0 aliphatic carbocycles. The van der Waals surface area contributed by atoms with Gasteiger partial charge in [0.25, 0.3) is 5.91 Å². The Morgan fingerprint density at radius 2 is 1.83 bits per heavy atom. The number of para-hydroxylation sites is 1. The van der Waals surface area contributed by atoms with Crippen molar-refractivity contribution in [2.45, 2.75) is 26.9 Å². The predicted octanol–water partition coefficient (Wildman–Crippen LogP) is 1.10. The molecule has 0 aliphatic heterocycles. The molecule has 1 aromatic carbocycles. The fourth-order valence-electron chi connectivity index (χ4n) is 1.45. The molecular formula is C13H17NO4. The summed E-state index contributed by atoms with van der Waals surface area (Å²) in [6, 6.07) is 5.68. The minimum Gasteiger partial charge on any atom is -0.481 e. The largest absolute Gasteiger partial charge is 0.481 e. The Labute approximate surface area is 106 Å². The molecule has 18 heavy (non-hydrogen) atoms. The lowest BCUT2D eigenvalue weighted by Gasteiger charge is -2.13. The number of rotatable bonds is 5. The van der Waals surface area contributed by atoms with E-state index in [1.807, 2.05) is 32.0 Å². The maximum Gasteiger partial charge on any atom is 0.344 e. The van der Waals surface area contributed by atoms with E-state index in [1.54, 1.807) is 0 Å². The molecule has 0 fully saturated rings. The van der Waals surface area contributed by atoms with E-state index in [4.69, 9.17) is 15.2 Å². The molecule has 98 valence electrons. The van der Waals surface area contributed by atoms with E-state index in [-0.39, 0.29) is 6.61 Å². The first kappa shape index (κ1) is 14.0. The summed E-state index contributed by atoms with van der Waals surface area (Å²) in [6.07, 6.45) is -0.945. The molecular weight excluding hydrogens is 234 g/mol. The van der Waals surface area contributed by atoms with Crippen LogP contribution in [0.4, 0.5) is 0 Å². The molecule has 0 unspecified atom stereocenters. The van der Waals surface area contributed by atoms with Crippen molar-refractivity contribution in [1.29, 1.82) is 0 Å². The number of benzene rings is 1. The SMILES string of the molecule is Cc1cccc(C)c1OCC(=O)O[C@@H](C)C(N)=O. The van der Waals surface area contributed by atoms with Gasteiger partial charge in [-0.1, -0.05) is 18.2 Å². The molecule has 0 spiro atoms. The third kappa shape index (κ3) is 3.76. The van der Waals surface area contributed by atoms with E-state index >= 15 is 0 Å². The summed E-state index contributed by atoms with van der Waals surface area (Å²) < 4.78 is 10.2. The zero-order valence-electron chi connectivity index (χ0n) is 10.7. The average Bonchev–Trinajstić information content (AvgIpc) is 2.28. The standard InChI is InChI=1S/C13H17NO4/c1-8-5-4-6-9(2)12(8)17-7-11(15)18-10(3)13(14)16/h4-6,10H,7H2,1-3H3,(H2,14,16)/t10-/m0/s1. The molecule has 0 aromatic heterocycles. The van der Waals surface area contributed by atoms with E-state index in [1.165, 1.54) is 6.92 Å². The summed E-state index contributed by atoms with van der Waals surface area (Å²) >= 11 is 0. The first-order chi connectivity index (χ1) is 8.41. The van der Waals surface area contributed by atoms with E-state index < -0.39 is 18.0 Å². The molecule has 0 bridgehead atoms. The van der Waals surface area contributed by atoms with Gasteiger partial charge >= 0.3 is 5.97 Å². The van der Waals surface area contributed by atoms with Crippen LogP contribution in [0.15, 0.2) is 18.2 Å². The highest BCUT2D eigenvalue weighted by Gasteiger charge is 2.15. The zero-order valence-corrected chi connectivity index (χ0v) is 10.7. The van der Waals surface area contributed by atoms with Crippen molar-refractivity contribution < 1.29 is 19.1 Å². The van der Waals surface area contributed by atoms with Crippen molar-refractivity contribution in [2.75, 3.05) is 6.61 Å². The molecule has 5 heteroatoms. The van der Waals surface area contributed by atoms with E-state index in [0.717, 1.165) is 11.1 Å². The van der Waals surface area contributed by atoms with Crippen LogP contribution in [0, 0.1) is 13.8 Å². The summed E-state index contributed by atoms with van der Waals surface area (Å²) in [5.74, 6) is -0.652. The lowest BCUT2D eigenvalue weighted by Crippen LogP contribution is -2.32. The maximum atomic E-state index is 11.4. The lowest BCUT2D eigenvalue weighted by atomic mass is 10.1. The first-order valence-corrected chi connectivity index (χ1v) is 5.59. The molecule has 5 nitrogen and oxygen atoms in total. The van der Waals surface area contributed by atoms with Crippen LogP contribution in [-0.2, 0) is 14.3 Å². The normalized spacial score (nSPS) is 11.7. The van der Waals surface area contributed by atoms with Gasteiger partial charge in [-0.3, -0.25) is 4.79 Å². The van der Waals surface area contributed by atoms with Gasteiger partial charge in [-0.2, -0.15) is 0 Å². The Bertz CT molecular complexity index is 436. The smallest absolute Gasteiger partial charge is 0.344 e. The van der Waals surface area contributed by atoms with Crippen LogP contribution in [0.3, 0.4) is 0 Å². The predicted molar refractivity (Wildman–Crippen MR) is 66.2 cm³/mol. The molecule has 0 saturated heterocycles. The van der Waals surface area contributed by atoms with Crippen LogP contribution < -0.4 is 10.5 Å². The molecule has 1 aromatic rings. The van der Waals surface area contributed by atoms with E-state index in [9.17, 15) is 9.59 Å². The van der Waals surface area contributed by atoms with Crippen LogP contribution in [0.1, 0.15) is 18.1 Å². The summed E-state index contributed by atoms with van der Waals surface area (Å²) in [6.45, 7) is 4.95. The van der Waals surface area contributed by atoms with Gasteiger partial charge in [0.2, 0.25) is 0 Å². The minimum atomic E-state index is -0.945. The van der Waals surface area contributed by atoms with Gasteiger partial charge in [-0.25, -0.2) is 4.79 Å². The fourth-order valence-corrected chi connectivity index (χ4v) is 1.45. The highest BCUT2D eigenvalue weighted by molar-refractivity contribution is 5.82. The zero-order chi connectivity index (χ0) is 13.7. The number of amides is 1. The number of carbonyl (C=O) groups is 2. The summed E-state index contributed by atoms with van der Waals surface area (Å²) in [5, 5.41) is 0. The Kier molecular flexibility index (Phi) is 4.71. The molecule has 2 N–H and O–H groups in total. The van der Waals surface area contributed by atoms with Crippen molar-refractivity contribution in [1.82, 2.24) is 0 Å². The van der Waals surface area contributed by atoms with Crippen molar-refractivity contribution in [2.24, 2.45) is 5.73 Å². The Morgan fingerprint density at radius 3 is 2.33 bits per heavy atom. The van der Waals surface area contributed by atoms with Gasteiger partial charge in [0, 0.05) is 0 Å². The van der Waals surface area contributed by atoms with Gasteiger partial charge in [-0.15, -0.1) is 0 Å². The van der Waals surface area contributed by atoms with Crippen molar-refractivity contribution in [3.05, 3.63) is 29.3 Å². The van der Waals surface area contributed by atoms with Crippen LogP contribution in [0.5, 0.6) is 5.75 Å². The number of esters is 1. The summed E-state index contributed by atoms with van der Waals surface area (Å²) in [7, 11) is 0. The van der Waals surface area contributed by atoms with Gasteiger partial charge in [-0.05, 0) is 31.9 Å².